The molecule has 0 heterocycles. The van der Waals surface area contributed by atoms with Gasteiger partial charge in [-0.15, -0.1) is 0 Å². The summed E-state index contributed by atoms with van der Waals surface area (Å²) in [5.74, 6) is -0.126. The normalized spacial score (nSPS) is 11.7. The van der Waals surface area contributed by atoms with Crippen LogP contribution >= 0.6 is 7.41 Å². The zero-order valence-corrected chi connectivity index (χ0v) is 13.4. The van der Waals surface area contributed by atoms with Gasteiger partial charge in [0.1, 0.15) is 7.41 Å². The number of anilines is 1. The molecule has 19 heavy (non-hydrogen) atoms. The summed E-state index contributed by atoms with van der Waals surface area (Å²) in [6, 6.07) is 10.1. The lowest BCUT2D eigenvalue weighted by atomic mass is 10.3. The zero-order valence-electron chi connectivity index (χ0n) is 12.5. The summed E-state index contributed by atoms with van der Waals surface area (Å²) in [7, 11) is -0.201. The lowest BCUT2D eigenvalue weighted by Gasteiger charge is -2.34. The van der Waals surface area contributed by atoms with E-state index in [2.05, 4.69) is 44.9 Å². The topological polar surface area (TPSA) is 38.3 Å². The van der Waals surface area contributed by atoms with Crippen LogP contribution in [0.5, 0.6) is 0 Å². The smallest absolute Gasteiger partial charge is 0.345 e. The largest absolute Gasteiger partial charge is 0.466 e. The molecule has 0 atom stereocenters. The predicted molar refractivity (Wildman–Crippen MR) is 84.1 cm³/mol. The van der Waals surface area contributed by atoms with Gasteiger partial charge in [-0.1, -0.05) is 18.2 Å². The third-order valence-corrected chi connectivity index (χ3v) is 8.71. The van der Waals surface area contributed by atoms with Crippen molar-refractivity contribution in [2.24, 2.45) is 0 Å². The molecule has 3 nitrogen and oxygen atoms in total. The Hall–Kier alpha value is -1.08. The minimum absolute atomic E-state index is 0.126. The van der Waals surface area contributed by atoms with Gasteiger partial charge in [0.05, 0.1) is 24.1 Å². The number of rotatable bonds is 6. The van der Waals surface area contributed by atoms with E-state index in [0.29, 0.717) is 17.5 Å². The molecule has 0 radical (unpaired) electrons. The van der Waals surface area contributed by atoms with Crippen molar-refractivity contribution < 1.29 is 9.53 Å². The third kappa shape index (κ3) is 3.94. The molecule has 0 aromatic heterocycles. The molecule has 1 N–H and O–H groups in total. The Morgan fingerprint density at radius 3 is 2.11 bits per heavy atom. The lowest BCUT2D eigenvalue weighted by Crippen LogP contribution is -2.29. The highest BCUT2D eigenvalue weighted by atomic mass is 31.2. The van der Waals surface area contributed by atoms with Gasteiger partial charge >= 0.3 is 5.97 Å². The molecular formula is C15H25NO2P+. The second-order valence-electron chi connectivity index (χ2n) is 5.33. The van der Waals surface area contributed by atoms with Crippen molar-refractivity contribution in [1.29, 1.82) is 0 Å². The fourth-order valence-corrected chi connectivity index (χ4v) is 5.99. The number of hydrogen-bond acceptors (Lipinski definition) is 3. The first-order valence-electron chi connectivity index (χ1n) is 6.70. The molecular weight excluding hydrogens is 257 g/mol. The van der Waals surface area contributed by atoms with Crippen molar-refractivity contribution >= 4 is 19.1 Å². The highest BCUT2D eigenvalue weighted by Gasteiger charge is 2.47. The molecule has 0 aliphatic carbocycles. The van der Waals surface area contributed by atoms with Crippen molar-refractivity contribution in [3.8, 4) is 0 Å². The van der Waals surface area contributed by atoms with E-state index < -0.39 is 7.41 Å². The van der Waals surface area contributed by atoms with Crippen LogP contribution in [0.2, 0.25) is 0 Å². The number of ether oxygens (including phenoxy) is 1. The Morgan fingerprint density at radius 1 is 1.16 bits per heavy atom. The molecule has 4 heteroatoms. The van der Waals surface area contributed by atoms with Crippen LogP contribution in [0.15, 0.2) is 30.3 Å². The molecule has 0 fully saturated rings. The van der Waals surface area contributed by atoms with Gasteiger partial charge in [-0.25, -0.2) is 4.79 Å². The Kier molecular flexibility index (Phi) is 5.81. The summed E-state index contributed by atoms with van der Waals surface area (Å²) in [6.07, 6.45) is 0.480. The highest BCUT2D eigenvalue weighted by Crippen LogP contribution is 2.65. The number of hydrogen-bond donors (Lipinski definition) is 1. The fraction of sp³-hybridized carbons (Fsp3) is 0.533. The van der Waals surface area contributed by atoms with E-state index in [0.717, 1.165) is 5.69 Å². The van der Waals surface area contributed by atoms with E-state index in [1.807, 2.05) is 18.2 Å². The minimum Gasteiger partial charge on any atom is -0.466 e. The zero-order chi connectivity index (χ0) is 14.5. The van der Waals surface area contributed by atoms with Crippen LogP contribution in [0.1, 0.15) is 27.7 Å². The maximum atomic E-state index is 11.8. The van der Waals surface area contributed by atoms with E-state index in [-0.39, 0.29) is 5.97 Å². The third-order valence-electron chi connectivity index (χ3n) is 3.57. The van der Waals surface area contributed by atoms with E-state index in [9.17, 15) is 4.79 Å². The number of methoxy groups -OCH3 is 1. The predicted octanol–water partition coefficient (Wildman–Crippen LogP) is 4.02. The first-order valence-corrected chi connectivity index (χ1v) is 8.81. The minimum atomic E-state index is -1.66. The van der Waals surface area contributed by atoms with Gasteiger partial charge in [-0.2, -0.15) is 0 Å². The van der Waals surface area contributed by atoms with E-state index >= 15 is 0 Å². The molecule has 0 amide bonds. The second-order valence-corrected chi connectivity index (χ2v) is 9.80. The van der Waals surface area contributed by atoms with Gasteiger partial charge in [-0.3, -0.25) is 5.09 Å². The first-order chi connectivity index (χ1) is 8.92. The fourth-order valence-electron chi connectivity index (χ4n) is 2.29. The van der Waals surface area contributed by atoms with Gasteiger partial charge in [0.15, 0.2) is 6.16 Å². The molecule has 1 aromatic rings. The maximum absolute atomic E-state index is 11.8. The quantitative estimate of drug-likeness (QED) is 0.632. The molecule has 0 spiro atoms. The molecule has 0 bridgehead atoms. The average Bonchev–Trinajstić information content (AvgIpc) is 2.38. The van der Waals surface area contributed by atoms with Crippen LogP contribution in [0.25, 0.3) is 0 Å². The van der Waals surface area contributed by atoms with Crippen LogP contribution in [-0.2, 0) is 9.53 Å². The molecule has 1 aromatic carbocycles. The van der Waals surface area contributed by atoms with Crippen molar-refractivity contribution in [3.63, 3.8) is 0 Å². The Morgan fingerprint density at radius 2 is 1.68 bits per heavy atom. The summed E-state index contributed by atoms with van der Waals surface area (Å²) in [5.41, 5.74) is 1.93. The average molecular weight is 282 g/mol. The molecule has 0 aliphatic rings. The van der Waals surface area contributed by atoms with E-state index in [1.165, 1.54) is 7.11 Å². The van der Waals surface area contributed by atoms with Crippen LogP contribution in [0.4, 0.5) is 5.69 Å². The number of carbonyl (C=O) groups is 1. The summed E-state index contributed by atoms with van der Waals surface area (Å²) in [6.45, 7) is 8.75. The summed E-state index contributed by atoms with van der Waals surface area (Å²) in [4.78, 5) is 11.8. The van der Waals surface area contributed by atoms with Gasteiger partial charge < -0.3 is 4.74 Å². The Labute approximate surface area is 117 Å². The number of esters is 1. The van der Waals surface area contributed by atoms with Crippen LogP contribution in [0.3, 0.4) is 0 Å². The standard InChI is InChI=1S/C15H25NO2P/c1-12(2)19(13(3)4,11-15(17)18-5)16-14-9-7-6-8-10-14/h6-10,12-13,16H,11H2,1-5H3/q+1. The first kappa shape index (κ1) is 16.0. The Bertz CT molecular complexity index is 396. The van der Waals surface area contributed by atoms with Gasteiger partial charge in [-0.05, 0) is 39.8 Å². The van der Waals surface area contributed by atoms with Crippen molar-refractivity contribution in [2.45, 2.75) is 39.0 Å². The van der Waals surface area contributed by atoms with Crippen LogP contribution in [0, 0.1) is 0 Å². The summed E-state index contributed by atoms with van der Waals surface area (Å²) >= 11 is 0. The van der Waals surface area contributed by atoms with Crippen LogP contribution in [-0.4, -0.2) is 30.6 Å². The number of nitrogens with one attached hydrogen (secondary N) is 1. The van der Waals surface area contributed by atoms with Crippen molar-refractivity contribution in [1.82, 2.24) is 0 Å². The number of para-hydroxylation sites is 1. The molecule has 0 aliphatic heterocycles. The monoisotopic (exact) mass is 282 g/mol. The molecule has 0 unspecified atom stereocenters. The molecule has 0 saturated carbocycles. The number of carbonyl (C=O) groups excluding carboxylic acids is 1. The summed E-state index contributed by atoms with van der Waals surface area (Å²) in [5, 5.41) is 3.67. The summed E-state index contributed by atoms with van der Waals surface area (Å²) < 4.78 is 4.89. The maximum Gasteiger partial charge on any atom is 0.345 e. The molecule has 106 valence electrons. The van der Waals surface area contributed by atoms with Crippen molar-refractivity contribution in [2.75, 3.05) is 18.4 Å². The van der Waals surface area contributed by atoms with Gasteiger partial charge in [0, 0.05) is 0 Å². The number of benzene rings is 1. The molecule has 0 saturated heterocycles. The van der Waals surface area contributed by atoms with Gasteiger partial charge in [0.25, 0.3) is 0 Å². The van der Waals surface area contributed by atoms with E-state index in [4.69, 9.17) is 4.74 Å². The molecule has 1 rings (SSSR count). The van der Waals surface area contributed by atoms with Crippen molar-refractivity contribution in [3.05, 3.63) is 30.3 Å². The Balaban J connectivity index is 3.06. The van der Waals surface area contributed by atoms with Gasteiger partial charge in [0.2, 0.25) is 0 Å². The highest BCUT2D eigenvalue weighted by molar-refractivity contribution is 7.79. The van der Waals surface area contributed by atoms with Crippen LogP contribution < -0.4 is 5.09 Å². The van der Waals surface area contributed by atoms with E-state index in [1.54, 1.807) is 0 Å². The second kappa shape index (κ2) is 6.91. The lowest BCUT2D eigenvalue weighted by molar-refractivity contribution is -0.137. The SMILES string of the molecule is COC(=O)C[P+](Nc1ccccc1)(C(C)C)C(C)C.